The van der Waals surface area contributed by atoms with Crippen molar-refractivity contribution in [1.29, 1.82) is 0 Å². The maximum atomic E-state index is 11.9. The van der Waals surface area contributed by atoms with Gasteiger partial charge in [0.1, 0.15) is 0 Å². The van der Waals surface area contributed by atoms with Gasteiger partial charge in [-0.25, -0.2) is 4.79 Å². The lowest BCUT2D eigenvalue weighted by Gasteiger charge is -2.15. The maximum Gasteiger partial charge on any atom is 0.323 e. The van der Waals surface area contributed by atoms with Gasteiger partial charge in [0, 0.05) is 31.9 Å². The predicted molar refractivity (Wildman–Crippen MR) is 72.9 cm³/mol. The molecule has 2 N–H and O–H groups in total. The molecule has 1 fully saturated rings. The molecule has 2 heterocycles. The molecule has 2 rings (SSSR count). The third-order valence-electron chi connectivity index (χ3n) is 3.26. The summed E-state index contributed by atoms with van der Waals surface area (Å²) in [5, 5.41) is 16.5. The Balaban J connectivity index is 1.84. The van der Waals surface area contributed by atoms with Crippen LogP contribution in [0.4, 0.5) is 10.6 Å². The van der Waals surface area contributed by atoms with E-state index in [0.717, 1.165) is 13.0 Å². The van der Waals surface area contributed by atoms with Crippen molar-refractivity contribution in [2.24, 2.45) is 5.92 Å². The van der Waals surface area contributed by atoms with Crippen LogP contribution in [0.2, 0.25) is 0 Å². The number of hydrogen-bond acceptors (Lipinski definition) is 3. The zero-order valence-corrected chi connectivity index (χ0v) is 11.5. The van der Waals surface area contributed by atoms with E-state index in [9.17, 15) is 9.90 Å². The van der Waals surface area contributed by atoms with Crippen LogP contribution in [0.1, 0.15) is 26.7 Å². The second kappa shape index (κ2) is 6.06. The van der Waals surface area contributed by atoms with Crippen molar-refractivity contribution in [3.05, 3.63) is 12.3 Å². The van der Waals surface area contributed by atoms with Crippen molar-refractivity contribution in [1.82, 2.24) is 14.7 Å². The van der Waals surface area contributed by atoms with E-state index in [4.69, 9.17) is 0 Å². The number of carbonyl (C=O) groups excluding carboxylic acids is 1. The topological polar surface area (TPSA) is 70.4 Å². The third-order valence-corrected chi connectivity index (χ3v) is 3.26. The van der Waals surface area contributed by atoms with Gasteiger partial charge in [-0.2, -0.15) is 5.10 Å². The lowest BCUT2D eigenvalue weighted by atomic mass is 10.1. The molecule has 1 aliphatic rings. The number of likely N-dealkylation sites (tertiary alicyclic amines) is 1. The minimum Gasteiger partial charge on any atom is -0.391 e. The molecule has 1 aromatic rings. The van der Waals surface area contributed by atoms with Crippen LogP contribution in [-0.4, -0.2) is 45.0 Å². The SMILES string of the molecule is CC(C)CCn1ccc(NC(=O)N2CC[C@H](O)C2)n1. The second-order valence-corrected chi connectivity index (χ2v) is 5.47. The number of rotatable bonds is 4. The summed E-state index contributed by atoms with van der Waals surface area (Å²) in [5.41, 5.74) is 0. The Morgan fingerprint density at radius 2 is 2.42 bits per heavy atom. The molecule has 0 saturated carbocycles. The van der Waals surface area contributed by atoms with Crippen LogP contribution in [0, 0.1) is 5.92 Å². The van der Waals surface area contributed by atoms with Gasteiger partial charge >= 0.3 is 6.03 Å². The minimum atomic E-state index is -0.394. The third kappa shape index (κ3) is 3.96. The standard InChI is InChI=1S/C13H22N4O2/c1-10(2)3-7-17-8-5-12(15-17)14-13(19)16-6-4-11(18)9-16/h5,8,10-11,18H,3-4,6-7,9H2,1-2H3,(H,14,15,19)/t11-/m0/s1. The quantitative estimate of drug-likeness (QED) is 0.868. The molecular formula is C13H22N4O2. The number of amides is 2. The van der Waals surface area contributed by atoms with Gasteiger partial charge in [0.05, 0.1) is 6.10 Å². The molecule has 1 saturated heterocycles. The van der Waals surface area contributed by atoms with Crippen molar-refractivity contribution in [3.8, 4) is 0 Å². The van der Waals surface area contributed by atoms with Crippen LogP contribution in [0.25, 0.3) is 0 Å². The van der Waals surface area contributed by atoms with E-state index in [2.05, 4.69) is 24.3 Å². The fourth-order valence-electron chi connectivity index (χ4n) is 2.06. The average Bonchev–Trinajstić information content (AvgIpc) is 2.95. The van der Waals surface area contributed by atoms with E-state index in [1.54, 1.807) is 11.0 Å². The summed E-state index contributed by atoms with van der Waals surface area (Å²) in [4.78, 5) is 13.5. The highest BCUT2D eigenvalue weighted by molar-refractivity contribution is 5.88. The smallest absolute Gasteiger partial charge is 0.323 e. The van der Waals surface area contributed by atoms with E-state index in [0.29, 0.717) is 31.2 Å². The molecule has 0 radical (unpaired) electrons. The molecule has 19 heavy (non-hydrogen) atoms. The Bertz CT molecular complexity index is 430. The van der Waals surface area contributed by atoms with Crippen LogP contribution in [0.15, 0.2) is 12.3 Å². The van der Waals surface area contributed by atoms with Crippen molar-refractivity contribution in [3.63, 3.8) is 0 Å². The first-order chi connectivity index (χ1) is 9.04. The molecule has 0 unspecified atom stereocenters. The Hall–Kier alpha value is -1.56. The molecular weight excluding hydrogens is 244 g/mol. The van der Waals surface area contributed by atoms with Gasteiger partial charge in [0.15, 0.2) is 5.82 Å². The average molecular weight is 266 g/mol. The molecule has 1 aromatic heterocycles. The van der Waals surface area contributed by atoms with Gasteiger partial charge < -0.3 is 10.0 Å². The number of β-amino-alcohol motifs (C(OH)–C–C–N with tert-alkyl or cyclic N) is 1. The van der Waals surface area contributed by atoms with Gasteiger partial charge in [-0.15, -0.1) is 0 Å². The van der Waals surface area contributed by atoms with Crippen molar-refractivity contribution < 1.29 is 9.90 Å². The first-order valence-electron chi connectivity index (χ1n) is 6.82. The van der Waals surface area contributed by atoms with Crippen LogP contribution in [0.5, 0.6) is 0 Å². The first-order valence-corrected chi connectivity index (χ1v) is 6.82. The number of carbonyl (C=O) groups is 1. The van der Waals surface area contributed by atoms with E-state index in [1.165, 1.54) is 0 Å². The Morgan fingerprint density at radius 1 is 1.63 bits per heavy atom. The van der Waals surface area contributed by atoms with E-state index >= 15 is 0 Å². The molecule has 1 aliphatic heterocycles. The molecule has 0 bridgehead atoms. The Kier molecular flexibility index (Phi) is 4.42. The molecule has 0 aromatic carbocycles. The lowest BCUT2D eigenvalue weighted by molar-refractivity contribution is 0.176. The monoisotopic (exact) mass is 266 g/mol. The number of hydrogen-bond donors (Lipinski definition) is 2. The van der Waals surface area contributed by atoms with Gasteiger partial charge in [0.2, 0.25) is 0 Å². The van der Waals surface area contributed by atoms with Crippen molar-refractivity contribution in [2.75, 3.05) is 18.4 Å². The zero-order valence-electron chi connectivity index (χ0n) is 11.5. The number of aromatic nitrogens is 2. The second-order valence-electron chi connectivity index (χ2n) is 5.47. The van der Waals surface area contributed by atoms with Gasteiger partial charge in [0.25, 0.3) is 0 Å². The highest BCUT2D eigenvalue weighted by Gasteiger charge is 2.24. The number of aliphatic hydroxyl groups is 1. The summed E-state index contributed by atoms with van der Waals surface area (Å²) >= 11 is 0. The van der Waals surface area contributed by atoms with Crippen LogP contribution >= 0.6 is 0 Å². The van der Waals surface area contributed by atoms with Crippen molar-refractivity contribution in [2.45, 2.75) is 39.3 Å². The molecule has 0 spiro atoms. The number of urea groups is 1. The summed E-state index contributed by atoms with van der Waals surface area (Å²) in [5.74, 6) is 1.20. The highest BCUT2D eigenvalue weighted by atomic mass is 16.3. The molecule has 6 nitrogen and oxygen atoms in total. The summed E-state index contributed by atoms with van der Waals surface area (Å²) in [6, 6.07) is 1.61. The molecule has 0 aliphatic carbocycles. The Labute approximate surface area is 113 Å². The molecule has 6 heteroatoms. The number of nitrogens with zero attached hydrogens (tertiary/aromatic N) is 3. The van der Waals surface area contributed by atoms with E-state index in [1.807, 2.05) is 10.9 Å². The summed E-state index contributed by atoms with van der Waals surface area (Å²) in [7, 11) is 0. The number of aryl methyl sites for hydroxylation is 1. The largest absolute Gasteiger partial charge is 0.391 e. The summed E-state index contributed by atoms with van der Waals surface area (Å²) in [6.45, 7) is 6.20. The van der Waals surface area contributed by atoms with E-state index in [-0.39, 0.29) is 6.03 Å². The number of nitrogens with one attached hydrogen (secondary N) is 1. The van der Waals surface area contributed by atoms with Crippen LogP contribution in [0.3, 0.4) is 0 Å². The maximum absolute atomic E-state index is 11.9. The highest BCUT2D eigenvalue weighted by Crippen LogP contribution is 2.12. The zero-order chi connectivity index (χ0) is 13.8. The lowest BCUT2D eigenvalue weighted by Crippen LogP contribution is -2.33. The predicted octanol–water partition coefficient (Wildman–Crippen LogP) is 1.53. The molecule has 106 valence electrons. The van der Waals surface area contributed by atoms with Crippen molar-refractivity contribution >= 4 is 11.8 Å². The minimum absolute atomic E-state index is 0.189. The summed E-state index contributed by atoms with van der Waals surface area (Å²) in [6.07, 6.45) is 3.19. The van der Waals surface area contributed by atoms with Crippen LogP contribution < -0.4 is 5.32 Å². The van der Waals surface area contributed by atoms with Gasteiger partial charge in [-0.3, -0.25) is 10.00 Å². The van der Waals surface area contributed by atoms with E-state index < -0.39 is 6.10 Å². The fraction of sp³-hybridized carbons (Fsp3) is 0.692. The normalized spacial score (nSPS) is 19.2. The first kappa shape index (κ1) is 13.9. The Morgan fingerprint density at radius 3 is 3.05 bits per heavy atom. The summed E-state index contributed by atoms with van der Waals surface area (Å²) < 4.78 is 1.84. The fourth-order valence-corrected chi connectivity index (χ4v) is 2.06. The molecule has 1 atom stereocenters. The van der Waals surface area contributed by atoms with Gasteiger partial charge in [-0.1, -0.05) is 13.8 Å². The molecule has 2 amide bonds. The van der Waals surface area contributed by atoms with Gasteiger partial charge in [-0.05, 0) is 18.8 Å². The number of anilines is 1. The number of aliphatic hydroxyl groups excluding tert-OH is 1. The van der Waals surface area contributed by atoms with Crippen LogP contribution in [-0.2, 0) is 6.54 Å².